The maximum atomic E-state index is 12.1. The van der Waals surface area contributed by atoms with Gasteiger partial charge in [0.05, 0.1) is 6.42 Å². The maximum Gasteiger partial charge on any atom is 0.390 e. The molecule has 0 saturated carbocycles. The molecule has 1 heterocycles. The van der Waals surface area contributed by atoms with Crippen molar-refractivity contribution in [2.75, 3.05) is 20.1 Å². The number of rotatable bonds is 5. The van der Waals surface area contributed by atoms with Gasteiger partial charge in [0.2, 0.25) is 0 Å². The van der Waals surface area contributed by atoms with Crippen molar-refractivity contribution in [3.8, 4) is 0 Å². The molecule has 3 nitrogen and oxygen atoms in total. The Morgan fingerprint density at radius 3 is 2.65 bits per heavy atom. The van der Waals surface area contributed by atoms with Gasteiger partial charge in [-0.2, -0.15) is 13.2 Å². The molecule has 0 aliphatic heterocycles. The SMILES string of the molecule is CN(CCC(F)(F)F)CC(O)c1cc2ccccc2o1. The molecule has 2 aromatic rings. The van der Waals surface area contributed by atoms with E-state index < -0.39 is 18.7 Å². The van der Waals surface area contributed by atoms with Gasteiger partial charge in [-0.25, -0.2) is 0 Å². The first-order valence-electron chi connectivity index (χ1n) is 6.27. The largest absolute Gasteiger partial charge is 0.458 e. The second kappa shape index (κ2) is 5.85. The van der Waals surface area contributed by atoms with Crippen LogP contribution in [0.25, 0.3) is 11.0 Å². The van der Waals surface area contributed by atoms with E-state index in [0.29, 0.717) is 11.3 Å². The van der Waals surface area contributed by atoms with Crippen molar-refractivity contribution in [2.45, 2.75) is 18.7 Å². The van der Waals surface area contributed by atoms with Crippen molar-refractivity contribution < 1.29 is 22.7 Å². The molecule has 1 atom stereocenters. The Morgan fingerprint density at radius 2 is 2.00 bits per heavy atom. The molecule has 0 saturated heterocycles. The van der Waals surface area contributed by atoms with Crippen molar-refractivity contribution in [3.05, 3.63) is 36.1 Å². The quantitative estimate of drug-likeness (QED) is 0.916. The zero-order chi connectivity index (χ0) is 14.8. The topological polar surface area (TPSA) is 36.6 Å². The van der Waals surface area contributed by atoms with Crippen molar-refractivity contribution in [3.63, 3.8) is 0 Å². The minimum absolute atomic E-state index is 0.0932. The number of benzene rings is 1. The first-order valence-corrected chi connectivity index (χ1v) is 6.27. The Kier molecular flexibility index (Phi) is 4.35. The summed E-state index contributed by atoms with van der Waals surface area (Å²) in [6.45, 7) is -0.0588. The minimum atomic E-state index is -4.18. The molecule has 20 heavy (non-hydrogen) atoms. The lowest BCUT2D eigenvalue weighted by molar-refractivity contribution is -0.138. The van der Waals surface area contributed by atoms with E-state index in [2.05, 4.69) is 0 Å². The smallest absolute Gasteiger partial charge is 0.390 e. The van der Waals surface area contributed by atoms with Crippen LogP contribution in [0.5, 0.6) is 0 Å². The molecule has 1 aromatic carbocycles. The fraction of sp³-hybridized carbons (Fsp3) is 0.429. The molecular weight excluding hydrogens is 271 g/mol. The number of fused-ring (bicyclic) bond motifs is 1. The van der Waals surface area contributed by atoms with Crippen LogP contribution in [0.2, 0.25) is 0 Å². The van der Waals surface area contributed by atoms with Gasteiger partial charge in [0, 0.05) is 18.5 Å². The van der Waals surface area contributed by atoms with Gasteiger partial charge in [-0.05, 0) is 19.2 Å². The number of likely N-dealkylation sites (N-methyl/N-ethyl adjacent to an activating group) is 1. The maximum absolute atomic E-state index is 12.1. The van der Waals surface area contributed by atoms with Crippen LogP contribution in [0.1, 0.15) is 18.3 Å². The van der Waals surface area contributed by atoms with Gasteiger partial charge in [0.1, 0.15) is 17.4 Å². The molecule has 0 aliphatic carbocycles. The zero-order valence-electron chi connectivity index (χ0n) is 11.0. The summed E-state index contributed by atoms with van der Waals surface area (Å²) < 4.78 is 41.8. The van der Waals surface area contributed by atoms with Gasteiger partial charge in [0.25, 0.3) is 0 Å². The number of aliphatic hydroxyl groups excluding tert-OH is 1. The second-order valence-corrected chi connectivity index (χ2v) is 4.83. The second-order valence-electron chi connectivity index (χ2n) is 4.83. The Balaban J connectivity index is 1.95. The lowest BCUT2D eigenvalue weighted by Crippen LogP contribution is -2.28. The molecule has 0 radical (unpaired) electrons. The molecule has 1 unspecified atom stereocenters. The molecular formula is C14H16F3NO2. The molecule has 0 bridgehead atoms. The monoisotopic (exact) mass is 287 g/mol. The molecule has 2 rings (SSSR count). The van der Waals surface area contributed by atoms with E-state index in [0.717, 1.165) is 5.39 Å². The third-order valence-corrected chi connectivity index (χ3v) is 3.03. The van der Waals surface area contributed by atoms with Gasteiger partial charge in [0.15, 0.2) is 0 Å². The van der Waals surface area contributed by atoms with Crippen molar-refractivity contribution in [1.82, 2.24) is 4.90 Å². The lowest BCUT2D eigenvalue weighted by Gasteiger charge is -2.19. The first kappa shape index (κ1) is 14.9. The van der Waals surface area contributed by atoms with Gasteiger partial charge < -0.3 is 14.4 Å². The van der Waals surface area contributed by atoms with E-state index in [9.17, 15) is 18.3 Å². The lowest BCUT2D eigenvalue weighted by atomic mass is 10.2. The number of hydrogen-bond acceptors (Lipinski definition) is 3. The number of furan rings is 1. The van der Waals surface area contributed by atoms with Gasteiger partial charge in [-0.15, -0.1) is 0 Å². The van der Waals surface area contributed by atoms with Crippen LogP contribution in [-0.2, 0) is 0 Å². The van der Waals surface area contributed by atoms with Crippen LogP contribution >= 0.6 is 0 Å². The number of alkyl halides is 3. The summed E-state index contributed by atoms with van der Waals surface area (Å²) in [6, 6.07) is 9.00. The van der Waals surface area contributed by atoms with Crippen LogP contribution < -0.4 is 0 Å². The fourth-order valence-electron chi connectivity index (χ4n) is 1.96. The number of halogens is 3. The number of hydrogen-bond donors (Lipinski definition) is 1. The van der Waals surface area contributed by atoms with Gasteiger partial charge in [-0.3, -0.25) is 0 Å². The van der Waals surface area contributed by atoms with Crippen LogP contribution in [0.4, 0.5) is 13.2 Å². The van der Waals surface area contributed by atoms with Crippen LogP contribution in [-0.4, -0.2) is 36.3 Å². The Labute approximate surface area is 114 Å². The summed E-state index contributed by atoms with van der Waals surface area (Å²) in [7, 11) is 1.54. The van der Waals surface area contributed by atoms with Crippen LogP contribution in [0.15, 0.2) is 34.7 Å². The van der Waals surface area contributed by atoms with Crippen molar-refractivity contribution >= 4 is 11.0 Å². The number of aliphatic hydroxyl groups is 1. The van der Waals surface area contributed by atoms with E-state index in [1.165, 1.54) is 11.9 Å². The Morgan fingerprint density at radius 1 is 1.30 bits per heavy atom. The van der Waals surface area contributed by atoms with E-state index in [1.54, 1.807) is 12.1 Å². The van der Waals surface area contributed by atoms with E-state index >= 15 is 0 Å². The Bertz CT molecular complexity index is 532. The Hall–Kier alpha value is -1.53. The summed E-state index contributed by atoms with van der Waals surface area (Å²) >= 11 is 0. The highest BCUT2D eigenvalue weighted by atomic mass is 19.4. The molecule has 0 fully saturated rings. The molecule has 1 N–H and O–H groups in total. The summed E-state index contributed by atoms with van der Waals surface area (Å²) in [5, 5.41) is 10.9. The summed E-state index contributed by atoms with van der Waals surface area (Å²) in [5.74, 6) is 0.366. The molecule has 0 aliphatic rings. The predicted molar refractivity (Wildman–Crippen MR) is 69.3 cm³/mol. The van der Waals surface area contributed by atoms with E-state index in [1.807, 2.05) is 18.2 Å². The first-order chi connectivity index (χ1) is 9.35. The fourth-order valence-corrected chi connectivity index (χ4v) is 1.96. The average molecular weight is 287 g/mol. The van der Waals surface area contributed by atoms with E-state index in [4.69, 9.17) is 4.42 Å². The number of nitrogens with zero attached hydrogens (tertiary/aromatic N) is 1. The van der Waals surface area contributed by atoms with Crippen molar-refractivity contribution in [2.24, 2.45) is 0 Å². The zero-order valence-corrected chi connectivity index (χ0v) is 11.0. The van der Waals surface area contributed by atoms with Gasteiger partial charge in [-0.1, -0.05) is 18.2 Å². The molecule has 0 amide bonds. The molecule has 1 aromatic heterocycles. The highest BCUT2D eigenvalue weighted by Gasteiger charge is 2.27. The highest BCUT2D eigenvalue weighted by Crippen LogP contribution is 2.25. The van der Waals surface area contributed by atoms with Gasteiger partial charge >= 0.3 is 6.18 Å². The molecule has 0 spiro atoms. The molecule has 6 heteroatoms. The summed E-state index contributed by atoms with van der Waals surface area (Å²) in [4.78, 5) is 1.44. The van der Waals surface area contributed by atoms with Crippen LogP contribution in [0, 0.1) is 0 Å². The number of para-hydroxylation sites is 1. The minimum Gasteiger partial charge on any atom is -0.458 e. The van der Waals surface area contributed by atoms with Crippen LogP contribution in [0.3, 0.4) is 0 Å². The standard InChI is InChI=1S/C14H16F3NO2/c1-18(7-6-14(15,16)17)9-11(19)13-8-10-4-2-3-5-12(10)20-13/h2-5,8,11,19H,6-7,9H2,1H3. The average Bonchev–Trinajstić information content (AvgIpc) is 2.79. The van der Waals surface area contributed by atoms with Crippen molar-refractivity contribution in [1.29, 1.82) is 0 Å². The third-order valence-electron chi connectivity index (χ3n) is 3.03. The summed E-state index contributed by atoms with van der Waals surface area (Å²) in [5.41, 5.74) is 0.652. The normalized spacial score (nSPS) is 14.1. The summed E-state index contributed by atoms with van der Waals surface area (Å²) in [6.07, 6.45) is -6.02. The predicted octanol–water partition coefficient (Wildman–Crippen LogP) is 3.35. The van der Waals surface area contributed by atoms with E-state index in [-0.39, 0.29) is 13.1 Å². The highest BCUT2D eigenvalue weighted by molar-refractivity contribution is 5.77. The third kappa shape index (κ3) is 3.98. The molecule has 110 valence electrons.